The van der Waals surface area contributed by atoms with Crippen LogP contribution in [0.5, 0.6) is 11.5 Å². The molecule has 3 aromatic rings. The van der Waals surface area contributed by atoms with Crippen LogP contribution in [0.15, 0.2) is 72.8 Å². The minimum Gasteiger partial charge on any atom is -0.457 e. The van der Waals surface area contributed by atoms with Crippen molar-refractivity contribution in [1.82, 2.24) is 10.2 Å². The van der Waals surface area contributed by atoms with Crippen LogP contribution in [0.3, 0.4) is 0 Å². The number of rotatable bonds is 11. The first-order chi connectivity index (χ1) is 19.7. The van der Waals surface area contributed by atoms with Gasteiger partial charge in [-0.3, -0.25) is 14.5 Å². The van der Waals surface area contributed by atoms with Gasteiger partial charge in [0, 0.05) is 43.6 Å². The van der Waals surface area contributed by atoms with Gasteiger partial charge in [-0.05, 0) is 85.5 Å². The number of amides is 2. The number of sulfonamides is 1. The summed E-state index contributed by atoms with van der Waals surface area (Å²) in [5.41, 5.74) is 3.05. The molecule has 0 atom stereocenters. The lowest BCUT2D eigenvalue weighted by Gasteiger charge is -2.34. The molecule has 2 amide bonds. The first-order valence-electron chi connectivity index (χ1n) is 13.9. The summed E-state index contributed by atoms with van der Waals surface area (Å²) >= 11 is 0. The maximum Gasteiger partial charge on any atom is 0.322 e. The summed E-state index contributed by atoms with van der Waals surface area (Å²) in [6.45, 7) is 5.34. The Hall–Kier alpha value is -4.07. The van der Waals surface area contributed by atoms with E-state index in [9.17, 15) is 13.2 Å². The second-order valence-corrected chi connectivity index (χ2v) is 12.1. The Morgan fingerprint density at radius 3 is 2.17 bits per heavy atom. The molecule has 9 nitrogen and oxygen atoms in total. The van der Waals surface area contributed by atoms with Crippen LogP contribution in [0.25, 0.3) is 0 Å². The van der Waals surface area contributed by atoms with E-state index in [4.69, 9.17) is 10.00 Å². The van der Waals surface area contributed by atoms with Gasteiger partial charge in [-0.1, -0.05) is 25.5 Å². The van der Waals surface area contributed by atoms with Crippen LogP contribution in [-0.2, 0) is 16.6 Å². The van der Waals surface area contributed by atoms with Crippen molar-refractivity contribution in [2.45, 2.75) is 45.2 Å². The van der Waals surface area contributed by atoms with E-state index < -0.39 is 10.0 Å². The molecule has 1 heterocycles. The van der Waals surface area contributed by atoms with E-state index in [-0.39, 0.29) is 12.1 Å². The number of likely N-dealkylation sites (tertiary alicyclic amines) is 1. The van der Waals surface area contributed by atoms with Gasteiger partial charge in [-0.25, -0.2) is 13.2 Å². The third-order valence-corrected chi connectivity index (χ3v) is 7.53. The molecule has 0 radical (unpaired) electrons. The zero-order chi connectivity index (χ0) is 29.2. The van der Waals surface area contributed by atoms with Crippen LogP contribution < -0.4 is 19.7 Å². The molecule has 216 valence electrons. The van der Waals surface area contributed by atoms with Crippen molar-refractivity contribution in [3.8, 4) is 17.6 Å². The van der Waals surface area contributed by atoms with Crippen LogP contribution in [0.2, 0.25) is 0 Å². The predicted octanol–water partition coefficient (Wildman–Crippen LogP) is 5.70. The second kappa shape index (κ2) is 14.0. The van der Waals surface area contributed by atoms with Gasteiger partial charge < -0.3 is 10.1 Å². The molecule has 1 fully saturated rings. The number of benzene rings is 3. The normalized spacial score (nSPS) is 14.2. The van der Waals surface area contributed by atoms with Gasteiger partial charge in [0.05, 0.1) is 17.9 Å². The fraction of sp³-hybridized carbons (Fsp3) is 0.355. The van der Waals surface area contributed by atoms with Crippen molar-refractivity contribution in [2.24, 2.45) is 0 Å². The lowest BCUT2D eigenvalue weighted by atomic mass is 10.0. The van der Waals surface area contributed by atoms with E-state index in [1.807, 2.05) is 36.4 Å². The largest absolute Gasteiger partial charge is 0.457 e. The SMILES string of the molecule is CCCCN(C(=O)NC1CCN(Cc2ccc(Oc3ccc(NS(C)(=O)=O)cc3)cc2)CC1)c1ccc(C#N)cc1. The Kier molecular flexibility index (Phi) is 10.2. The Balaban J connectivity index is 1.24. The summed E-state index contributed by atoms with van der Waals surface area (Å²) in [5.74, 6) is 1.32. The fourth-order valence-corrected chi connectivity index (χ4v) is 5.29. The molecule has 1 aliphatic rings. The number of nitrogens with zero attached hydrogens (tertiary/aromatic N) is 3. The topological polar surface area (TPSA) is 115 Å². The number of anilines is 2. The van der Waals surface area contributed by atoms with E-state index in [2.05, 4.69) is 27.9 Å². The number of hydrogen-bond acceptors (Lipinski definition) is 6. The third-order valence-electron chi connectivity index (χ3n) is 6.93. The number of hydrogen-bond donors (Lipinski definition) is 2. The minimum absolute atomic E-state index is 0.0847. The molecule has 3 aromatic carbocycles. The molecule has 0 aromatic heterocycles. The van der Waals surface area contributed by atoms with Crippen molar-refractivity contribution >= 4 is 27.4 Å². The van der Waals surface area contributed by atoms with Gasteiger partial charge in [-0.15, -0.1) is 0 Å². The van der Waals surface area contributed by atoms with Gasteiger partial charge in [-0.2, -0.15) is 5.26 Å². The molecule has 1 saturated heterocycles. The van der Waals surface area contributed by atoms with Gasteiger partial charge in [0.1, 0.15) is 11.5 Å². The number of ether oxygens (including phenoxy) is 1. The number of piperidine rings is 1. The van der Waals surface area contributed by atoms with Crippen LogP contribution in [-0.4, -0.2) is 51.3 Å². The van der Waals surface area contributed by atoms with Crippen molar-refractivity contribution < 1.29 is 17.9 Å². The lowest BCUT2D eigenvalue weighted by molar-refractivity contribution is 0.188. The van der Waals surface area contributed by atoms with Gasteiger partial charge in [0.15, 0.2) is 0 Å². The minimum atomic E-state index is -3.32. The van der Waals surface area contributed by atoms with Crippen molar-refractivity contribution in [3.63, 3.8) is 0 Å². The predicted molar refractivity (Wildman–Crippen MR) is 162 cm³/mol. The molecule has 4 rings (SSSR count). The van der Waals surface area contributed by atoms with E-state index >= 15 is 0 Å². The first-order valence-corrected chi connectivity index (χ1v) is 15.8. The average molecular weight is 576 g/mol. The van der Waals surface area contributed by atoms with E-state index in [0.29, 0.717) is 29.3 Å². The summed E-state index contributed by atoms with van der Waals surface area (Å²) < 4.78 is 31.0. The standard InChI is InChI=1S/C31H37N5O4S/c1-3-4-19-36(28-11-5-24(22-32)6-12-28)31(37)33-26-17-20-35(21-18-26)23-25-7-13-29(14-8-25)40-30-15-9-27(10-16-30)34-41(2,38)39/h5-16,26,34H,3-4,17-21,23H2,1-2H3,(H,33,37). The first kappa shape index (κ1) is 29.9. The molecular formula is C31H37N5O4S. The zero-order valence-corrected chi connectivity index (χ0v) is 24.4. The van der Waals surface area contributed by atoms with Crippen LogP contribution in [0, 0.1) is 11.3 Å². The summed E-state index contributed by atoms with van der Waals surface area (Å²) in [7, 11) is -3.32. The second-order valence-electron chi connectivity index (χ2n) is 10.3. The molecule has 0 spiro atoms. The van der Waals surface area contributed by atoms with E-state index in [0.717, 1.165) is 57.3 Å². The molecule has 0 aliphatic carbocycles. The molecule has 1 aliphatic heterocycles. The summed E-state index contributed by atoms with van der Waals surface area (Å²) in [5, 5.41) is 12.3. The summed E-state index contributed by atoms with van der Waals surface area (Å²) in [6, 6.07) is 24.0. The highest BCUT2D eigenvalue weighted by Gasteiger charge is 2.24. The Bertz CT molecular complexity index is 1430. The highest BCUT2D eigenvalue weighted by molar-refractivity contribution is 7.92. The van der Waals surface area contributed by atoms with Gasteiger partial charge in [0.2, 0.25) is 10.0 Å². The smallest absolute Gasteiger partial charge is 0.322 e. The lowest BCUT2D eigenvalue weighted by Crippen LogP contribution is -2.49. The molecule has 10 heteroatoms. The van der Waals surface area contributed by atoms with Crippen LogP contribution >= 0.6 is 0 Å². The maximum atomic E-state index is 13.2. The van der Waals surface area contributed by atoms with Gasteiger partial charge in [0.25, 0.3) is 0 Å². The maximum absolute atomic E-state index is 13.2. The molecule has 2 N–H and O–H groups in total. The number of unbranched alkanes of at least 4 members (excludes halogenated alkanes) is 1. The summed E-state index contributed by atoms with van der Waals surface area (Å²) in [4.78, 5) is 17.3. The van der Waals surface area contributed by atoms with Gasteiger partial charge >= 0.3 is 6.03 Å². The third kappa shape index (κ3) is 9.23. The van der Waals surface area contributed by atoms with Crippen LogP contribution in [0.1, 0.15) is 43.7 Å². The number of nitriles is 1. The number of carbonyl (C=O) groups is 1. The van der Waals surface area contributed by atoms with E-state index in [1.54, 1.807) is 41.3 Å². The average Bonchev–Trinajstić information content (AvgIpc) is 2.96. The number of urea groups is 1. The number of nitrogens with one attached hydrogen (secondary N) is 2. The zero-order valence-electron chi connectivity index (χ0n) is 23.5. The Morgan fingerprint density at radius 1 is 1.00 bits per heavy atom. The Morgan fingerprint density at radius 2 is 1.61 bits per heavy atom. The van der Waals surface area contributed by atoms with E-state index in [1.165, 1.54) is 5.56 Å². The molecule has 0 saturated carbocycles. The highest BCUT2D eigenvalue weighted by atomic mass is 32.2. The molecule has 0 unspecified atom stereocenters. The van der Waals surface area contributed by atoms with Crippen LogP contribution in [0.4, 0.5) is 16.2 Å². The Labute approximate surface area is 242 Å². The van der Waals surface area contributed by atoms with Crippen molar-refractivity contribution in [1.29, 1.82) is 5.26 Å². The van der Waals surface area contributed by atoms with Crippen molar-refractivity contribution in [3.05, 3.63) is 83.9 Å². The van der Waals surface area contributed by atoms with Crippen molar-refractivity contribution in [2.75, 3.05) is 35.5 Å². The quantitative estimate of drug-likeness (QED) is 0.303. The molecular weight excluding hydrogens is 538 g/mol. The number of carbonyl (C=O) groups excluding carboxylic acids is 1. The highest BCUT2D eigenvalue weighted by Crippen LogP contribution is 2.25. The summed E-state index contributed by atoms with van der Waals surface area (Å²) in [6.07, 6.45) is 4.77. The monoisotopic (exact) mass is 575 g/mol. The molecule has 0 bridgehead atoms. The molecule has 41 heavy (non-hydrogen) atoms. The fourth-order valence-electron chi connectivity index (χ4n) is 4.73.